The lowest BCUT2D eigenvalue weighted by molar-refractivity contribution is -0.167. The Bertz CT molecular complexity index is 1020. The minimum absolute atomic E-state index is 0.0813. The van der Waals surface area contributed by atoms with Gasteiger partial charge in [0.15, 0.2) is 6.10 Å². The Morgan fingerprint density at radius 3 is 1.18 bits per heavy atom. The van der Waals surface area contributed by atoms with E-state index in [1.54, 1.807) is 0 Å². The van der Waals surface area contributed by atoms with E-state index in [4.69, 9.17) is 14.2 Å². The lowest BCUT2D eigenvalue weighted by atomic mass is 10.1. The number of allylic oxidation sites excluding steroid dienone is 10. The molecule has 0 radical (unpaired) electrons. The van der Waals surface area contributed by atoms with Crippen LogP contribution in [0.3, 0.4) is 0 Å². The monoisotopic (exact) mass is 769 g/mol. The van der Waals surface area contributed by atoms with E-state index in [0.29, 0.717) is 19.3 Å². The molecule has 0 aliphatic heterocycles. The number of carbonyl (C=O) groups excluding carboxylic acids is 3. The molecule has 0 amide bonds. The summed E-state index contributed by atoms with van der Waals surface area (Å²) in [6.45, 7) is 6.37. The van der Waals surface area contributed by atoms with Crippen LogP contribution in [-0.2, 0) is 28.6 Å². The van der Waals surface area contributed by atoms with Crippen molar-refractivity contribution in [1.82, 2.24) is 0 Å². The van der Waals surface area contributed by atoms with Crippen molar-refractivity contribution in [2.75, 3.05) is 13.2 Å². The normalized spacial score (nSPS) is 12.6. The molecular weight excluding hydrogens is 685 g/mol. The van der Waals surface area contributed by atoms with Crippen LogP contribution in [0.1, 0.15) is 213 Å². The van der Waals surface area contributed by atoms with Crippen LogP contribution in [0.5, 0.6) is 0 Å². The standard InChI is InChI=1S/C49H84O6/c1-4-7-10-13-15-17-19-20-21-22-23-24-25-26-27-28-30-31-33-36-39-42-48(51)54-45-46(44-53-47(50)41-38-35-12-9-6-3)55-49(52)43-40-37-34-32-29-18-16-14-11-8-5-2/h7,10,14-17,20-21,23-24,46H,4-6,8-9,11-13,18-19,22,25-45H2,1-3H3/b10-7-,16-14-,17-15-,21-20-,24-23-. The highest BCUT2D eigenvalue weighted by Crippen LogP contribution is 2.13. The summed E-state index contributed by atoms with van der Waals surface area (Å²) < 4.78 is 16.6. The Morgan fingerprint density at radius 1 is 0.382 bits per heavy atom. The van der Waals surface area contributed by atoms with Gasteiger partial charge in [0.1, 0.15) is 13.2 Å². The van der Waals surface area contributed by atoms with E-state index < -0.39 is 6.10 Å². The summed E-state index contributed by atoms with van der Waals surface area (Å²) >= 11 is 0. The van der Waals surface area contributed by atoms with E-state index in [0.717, 1.165) is 109 Å². The summed E-state index contributed by atoms with van der Waals surface area (Å²) in [5.41, 5.74) is 0. The summed E-state index contributed by atoms with van der Waals surface area (Å²) in [5, 5.41) is 0. The third kappa shape index (κ3) is 42.1. The zero-order valence-corrected chi connectivity index (χ0v) is 35.9. The molecule has 0 heterocycles. The van der Waals surface area contributed by atoms with Crippen LogP contribution >= 0.6 is 0 Å². The number of unbranched alkanes of at least 4 members (excludes halogenated alkanes) is 19. The predicted octanol–water partition coefficient (Wildman–Crippen LogP) is 14.5. The van der Waals surface area contributed by atoms with Crippen LogP contribution in [0.25, 0.3) is 0 Å². The molecule has 0 aromatic rings. The smallest absolute Gasteiger partial charge is 0.306 e. The molecule has 0 N–H and O–H groups in total. The number of hydrogen-bond acceptors (Lipinski definition) is 6. The predicted molar refractivity (Wildman–Crippen MR) is 233 cm³/mol. The molecule has 0 rings (SSSR count). The average molecular weight is 769 g/mol. The molecule has 0 saturated heterocycles. The van der Waals surface area contributed by atoms with Gasteiger partial charge in [0.05, 0.1) is 0 Å². The fourth-order valence-corrected chi connectivity index (χ4v) is 6.06. The molecule has 0 aliphatic carbocycles. The van der Waals surface area contributed by atoms with Crippen LogP contribution in [0, 0.1) is 0 Å². The minimum atomic E-state index is -0.775. The Labute approximate surface area is 339 Å². The molecule has 316 valence electrons. The zero-order valence-electron chi connectivity index (χ0n) is 35.9. The maximum absolute atomic E-state index is 12.6. The summed E-state index contributed by atoms with van der Waals surface area (Å²) in [6.07, 6.45) is 52.4. The Balaban J connectivity index is 4.17. The fraction of sp³-hybridized carbons (Fsp3) is 0.735. The number of rotatable bonds is 40. The maximum atomic E-state index is 12.6. The lowest BCUT2D eigenvalue weighted by Gasteiger charge is -2.18. The van der Waals surface area contributed by atoms with Gasteiger partial charge in [-0.25, -0.2) is 0 Å². The first-order valence-electron chi connectivity index (χ1n) is 22.8. The lowest BCUT2D eigenvalue weighted by Crippen LogP contribution is -2.30. The van der Waals surface area contributed by atoms with Crippen molar-refractivity contribution >= 4 is 17.9 Å². The van der Waals surface area contributed by atoms with E-state index in [2.05, 4.69) is 81.5 Å². The van der Waals surface area contributed by atoms with Crippen molar-refractivity contribution in [2.45, 2.75) is 219 Å². The van der Waals surface area contributed by atoms with Crippen LogP contribution in [0.4, 0.5) is 0 Å². The van der Waals surface area contributed by atoms with Crippen LogP contribution < -0.4 is 0 Å². The molecule has 6 heteroatoms. The van der Waals surface area contributed by atoms with Crippen molar-refractivity contribution in [3.05, 3.63) is 60.8 Å². The molecule has 1 unspecified atom stereocenters. The summed E-state index contributed by atoms with van der Waals surface area (Å²) in [6, 6.07) is 0. The van der Waals surface area contributed by atoms with Gasteiger partial charge in [0.25, 0.3) is 0 Å². The van der Waals surface area contributed by atoms with E-state index in [9.17, 15) is 14.4 Å². The second kappa shape index (κ2) is 43.8. The van der Waals surface area contributed by atoms with Crippen molar-refractivity contribution in [3.63, 3.8) is 0 Å². The first-order valence-corrected chi connectivity index (χ1v) is 22.8. The molecule has 1 atom stereocenters. The van der Waals surface area contributed by atoms with Gasteiger partial charge in [-0.05, 0) is 77.0 Å². The van der Waals surface area contributed by atoms with Gasteiger partial charge in [0.2, 0.25) is 0 Å². The highest BCUT2D eigenvalue weighted by atomic mass is 16.6. The zero-order chi connectivity index (χ0) is 40.1. The molecule has 0 bridgehead atoms. The molecule has 0 aromatic carbocycles. The molecule has 55 heavy (non-hydrogen) atoms. The van der Waals surface area contributed by atoms with Crippen molar-refractivity contribution < 1.29 is 28.6 Å². The molecule has 0 aromatic heterocycles. The quantitative estimate of drug-likeness (QED) is 0.0267. The topological polar surface area (TPSA) is 78.9 Å². The summed E-state index contributed by atoms with van der Waals surface area (Å²) in [4.78, 5) is 37.4. The molecule has 0 aliphatic rings. The van der Waals surface area contributed by atoms with Crippen LogP contribution in [0.2, 0.25) is 0 Å². The fourth-order valence-electron chi connectivity index (χ4n) is 6.06. The molecule has 6 nitrogen and oxygen atoms in total. The van der Waals surface area contributed by atoms with E-state index in [-0.39, 0.29) is 31.1 Å². The van der Waals surface area contributed by atoms with E-state index in [1.165, 1.54) is 64.2 Å². The van der Waals surface area contributed by atoms with Gasteiger partial charge < -0.3 is 14.2 Å². The molecule has 0 fully saturated rings. The van der Waals surface area contributed by atoms with E-state index >= 15 is 0 Å². The number of ether oxygens (including phenoxy) is 3. The van der Waals surface area contributed by atoms with Crippen LogP contribution in [-0.4, -0.2) is 37.2 Å². The number of carbonyl (C=O) groups is 3. The third-order valence-electron chi connectivity index (χ3n) is 9.51. The molecule has 0 spiro atoms. The third-order valence-corrected chi connectivity index (χ3v) is 9.51. The van der Waals surface area contributed by atoms with Gasteiger partial charge in [-0.2, -0.15) is 0 Å². The molecule has 0 saturated carbocycles. The van der Waals surface area contributed by atoms with Gasteiger partial charge in [-0.3, -0.25) is 14.4 Å². The average Bonchev–Trinajstić information content (AvgIpc) is 3.18. The van der Waals surface area contributed by atoms with Gasteiger partial charge in [0, 0.05) is 19.3 Å². The summed E-state index contributed by atoms with van der Waals surface area (Å²) in [7, 11) is 0. The highest BCUT2D eigenvalue weighted by Gasteiger charge is 2.19. The van der Waals surface area contributed by atoms with Gasteiger partial charge in [-0.1, -0.05) is 178 Å². The van der Waals surface area contributed by atoms with Crippen molar-refractivity contribution in [3.8, 4) is 0 Å². The second-order valence-corrected chi connectivity index (χ2v) is 14.9. The number of esters is 3. The van der Waals surface area contributed by atoms with Crippen molar-refractivity contribution in [2.24, 2.45) is 0 Å². The number of hydrogen-bond donors (Lipinski definition) is 0. The highest BCUT2D eigenvalue weighted by molar-refractivity contribution is 5.71. The van der Waals surface area contributed by atoms with Crippen molar-refractivity contribution in [1.29, 1.82) is 0 Å². The Morgan fingerprint density at radius 2 is 0.727 bits per heavy atom. The first kappa shape index (κ1) is 52.1. The maximum Gasteiger partial charge on any atom is 0.306 e. The summed E-state index contributed by atoms with van der Waals surface area (Å²) in [5.74, 6) is -0.917. The minimum Gasteiger partial charge on any atom is -0.462 e. The Hall–Kier alpha value is -2.89. The first-order chi connectivity index (χ1) is 27.0. The molecular formula is C49H84O6. The largest absolute Gasteiger partial charge is 0.462 e. The SMILES string of the molecule is CC/C=C\C/C=C\C/C=C\C/C=C\CCCCCCCCCCC(=O)OCC(COC(=O)CCCCCCC)OC(=O)CCCCCCC/C=C\CCCC. The van der Waals surface area contributed by atoms with Gasteiger partial charge in [-0.15, -0.1) is 0 Å². The van der Waals surface area contributed by atoms with E-state index in [1.807, 2.05) is 0 Å². The van der Waals surface area contributed by atoms with Crippen LogP contribution in [0.15, 0.2) is 60.8 Å². The van der Waals surface area contributed by atoms with Gasteiger partial charge >= 0.3 is 17.9 Å². The Kier molecular flexibility index (Phi) is 41.5. The second-order valence-electron chi connectivity index (χ2n) is 14.9.